The minimum atomic E-state index is -4.49. The molecule has 3 atom stereocenters. The SMILES string of the molecule is CN(c1cc(C(=O)N[C@@H](Cc2ccccc2)[C@@H](O)CNCc2cccc(C(F)(F)F)c2)cc(C(=O)N2CCCC2c2ccccc2)c1)S(C)(=O)=O. The first-order valence-electron chi connectivity index (χ1n) is 16.6. The Balaban J connectivity index is 1.40. The zero-order valence-corrected chi connectivity index (χ0v) is 29.1. The van der Waals surface area contributed by atoms with Crippen molar-refractivity contribution in [1.82, 2.24) is 15.5 Å². The molecule has 9 nitrogen and oxygen atoms in total. The lowest BCUT2D eigenvalue weighted by Crippen LogP contribution is -2.48. The summed E-state index contributed by atoms with van der Waals surface area (Å²) in [7, 11) is -2.43. The Kier molecular flexibility index (Phi) is 11.8. The first kappa shape index (κ1) is 37.5. The van der Waals surface area contributed by atoms with Crippen LogP contribution in [-0.2, 0) is 29.2 Å². The van der Waals surface area contributed by atoms with Crippen LogP contribution in [0.4, 0.5) is 18.9 Å². The summed E-state index contributed by atoms with van der Waals surface area (Å²) >= 11 is 0. The van der Waals surface area contributed by atoms with E-state index in [1.165, 1.54) is 31.3 Å². The standard InChI is InChI=1S/C38H41F3N4O5S/c1-44(51(2,49)50)32-22-29(21-30(23-32)37(48)45-18-10-17-34(45)28-14-7-4-8-15-28)36(47)43-33(20-26-11-5-3-6-12-26)35(46)25-42-24-27-13-9-16-31(19-27)38(39,40)41/h3-9,11-16,19,21-23,33-35,42,46H,10,17-18,20,24-25H2,1-2H3,(H,43,47)/t33-,34?,35-/m0/s1. The summed E-state index contributed by atoms with van der Waals surface area (Å²) in [5.41, 5.74) is 1.65. The molecule has 0 bridgehead atoms. The molecule has 0 radical (unpaired) electrons. The molecule has 2 amide bonds. The fourth-order valence-corrected chi connectivity index (χ4v) is 6.69. The van der Waals surface area contributed by atoms with Crippen LogP contribution in [0.15, 0.2) is 103 Å². The van der Waals surface area contributed by atoms with Crippen LogP contribution in [0, 0.1) is 0 Å². The first-order valence-corrected chi connectivity index (χ1v) is 18.4. The number of nitrogens with one attached hydrogen (secondary N) is 2. The summed E-state index contributed by atoms with van der Waals surface area (Å²) in [5.74, 6) is -0.995. The van der Waals surface area contributed by atoms with Crippen molar-refractivity contribution in [3.05, 3.63) is 137 Å². The molecule has 1 saturated heterocycles. The minimum Gasteiger partial charge on any atom is -0.390 e. The van der Waals surface area contributed by atoms with Crippen molar-refractivity contribution < 1.29 is 36.3 Å². The van der Waals surface area contributed by atoms with Gasteiger partial charge in [0.1, 0.15) is 0 Å². The number of carbonyl (C=O) groups excluding carboxylic acids is 2. The number of alkyl halides is 3. The second-order valence-corrected chi connectivity index (χ2v) is 14.7. The number of amides is 2. The number of likely N-dealkylation sites (tertiary alicyclic amines) is 1. The van der Waals surface area contributed by atoms with Crippen LogP contribution < -0.4 is 14.9 Å². The van der Waals surface area contributed by atoms with Gasteiger partial charge in [0, 0.05) is 37.8 Å². The van der Waals surface area contributed by atoms with Gasteiger partial charge in [0.2, 0.25) is 10.0 Å². The van der Waals surface area contributed by atoms with Crippen molar-refractivity contribution in [2.24, 2.45) is 0 Å². The number of hydrogen-bond acceptors (Lipinski definition) is 6. The molecule has 0 spiro atoms. The van der Waals surface area contributed by atoms with Crippen molar-refractivity contribution in [2.75, 3.05) is 30.7 Å². The molecule has 1 aliphatic heterocycles. The number of sulfonamides is 1. The highest BCUT2D eigenvalue weighted by Crippen LogP contribution is 2.34. The molecule has 3 N–H and O–H groups in total. The van der Waals surface area contributed by atoms with E-state index in [0.29, 0.717) is 12.1 Å². The zero-order valence-electron chi connectivity index (χ0n) is 28.3. The Hall–Kier alpha value is -4.72. The van der Waals surface area contributed by atoms with E-state index in [0.717, 1.165) is 46.7 Å². The van der Waals surface area contributed by atoms with E-state index < -0.39 is 39.8 Å². The van der Waals surface area contributed by atoms with E-state index in [1.807, 2.05) is 60.7 Å². The Labute approximate surface area is 296 Å². The Morgan fingerprint density at radius 3 is 2.24 bits per heavy atom. The summed E-state index contributed by atoms with van der Waals surface area (Å²) in [5, 5.41) is 17.1. The predicted octanol–water partition coefficient (Wildman–Crippen LogP) is 5.57. The van der Waals surface area contributed by atoms with Crippen LogP contribution in [0.1, 0.15) is 61.9 Å². The Bertz CT molecular complexity index is 1930. The first-order chi connectivity index (χ1) is 24.2. The zero-order chi connectivity index (χ0) is 36.8. The van der Waals surface area contributed by atoms with Crippen LogP contribution in [0.2, 0.25) is 0 Å². The van der Waals surface area contributed by atoms with E-state index in [-0.39, 0.29) is 48.3 Å². The maximum absolute atomic E-state index is 14.0. The van der Waals surface area contributed by atoms with Crippen molar-refractivity contribution >= 4 is 27.5 Å². The number of nitrogens with zero attached hydrogens (tertiary/aromatic N) is 2. The third kappa shape index (κ3) is 9.75. The number of aliphatic hydroxyl groups excluding tert-OH is 1. The smallest absolute Gasteiger partial charge is 0.390 e. The number of benzene rings is 4. The van der Waals surface area contributed by atoms with Gasteiger partial charge in [0.05, 0.1) is 35.7 Å². The molecule has 13 heteroatoms. The molecule has 1 heterocycles. The average Bonchev–Trinajstić information content (AvgIpc) is 3.61. The van der Waals surface area contributed by atoms with Crippen molar-refractivity contribution in [1.29, 1.82) is 0 Å². The van der Waals surface area contributed by atoms with Gasteiger partial charge in [-0.2, -0.15) is 13.2 Å². The second kappa shape index (κ2) is 16.1. The van der Waals surface area contributed by atoms with Gasteiger partial charge in [-0.05, 0) is 60.2 Å². The van der Waals surface area contributed by atoms with Crippen LogP contribution in [-0.4, -0.2) is 68.8 Å². The molecule has 4 aromatic carbocycles. The lowest BCUT2D eigenvalue weighted by Gasteiger charge is -2.27. The summed E-state index contributed by atoms with van der Waals surface area (Å²) in [4.78, 5) is 29.7. The van der Waals surface area contributed by atoms with E-state index in [9.17, 15) is 36.3 Å². The number of rotatable bonds is 13. The molecule has 270 valence electrons. The topological polar surface area (TPSA) is 119 Å². The Morgan fingerprint density at radius 2 is 1.57 bits per heavy atom. The highest BCUT2D eigenvalue weighted by molar-refractivity contribution is 7.92. The summed E-state index contributed by atoms with van der Waals surface area (Å²) in [6, 6.07) is 26.8. The quantitative estimate of drug-likeness (QED) is 0.166. The fraction of sp³-hybridized carbons (Fsp3) is 0.316. The molecule has 1 unspecified atom stereocenters. The maximum atomic E-state index is 14.0. The van der Waals surface area contributed by atoms with Gasteiger partial charge in [-0.15, -0.1) is 0 Å². The molecule has 1 aliphatic rings. The van der Waals surface area contributed by atoms with Crippen molar-refractivity contribution in [3.8, 4) is 0 Å². The molecular weight excluding hydrogens is 682 g/mol. The van der Waals surface area contributed by atoms with Crippen LogP contribution in [0.3, 0.4) is 0 Å². The van der Waals surface area contributed by atoms with Crippen LogP contribution in [0.5, 0.6) is 0 Å². The van der Waals surface area contributed by atoms with E-state index >= 15 is 0 Å². The minimum absolute atomic E-state index is 0.0176. The normalized spacial score (nSPS) is 16.0. The molecular formula is C38H41F3N4O5S. The van der Waals surface area contributed by atoms with Crippen LogP contribution in [0.25, 0.3) is 0 Å². The van der Waals surface area contributed by atoms with Gasteiger partial charge < -0.3 is 20.6 Å². The molecule has 0 saturated carbocycles. The summed E-state index contributed by atoms with van der Waals surface area (Å²) < 4.78 is 65.7. The molecule has 0 aliphatic carbocycles. The molecule has 1 fully saturated rings. The van der Waals surface area contributed by atoms with E-state index in [2.05, 4.69) is 10.6 Å². The van der Waals surface area contributed by atoms with Gasteiger partial charge in [-0.25, -0.2) is 8.42 Å². The number of carbonyl (C=O) groups is 2. The number of aliphatic hydroxyl groups is 1. The van der Waals surface area contributed by atoms with Gasteiger partial charge >= 0.3 is 6.18 Å². The Morgan fingerprint density at radius 1 is 0.922 bits per heavy atom. The molecule has 51 heavy (non-hydrogen) atoms. The van der Waals surface area contributed by atoms with Gasteiger partial charge in [-0.1, -0.05) is 78.9 Å². The van der Waals surface area contributed by atoms with Crippen molar-refractivity contribution in [3.63, 3.8) is 0 Å². The molecule has 5 rings (SSSR count). The lowest BCUT2D eigenvalue weighted by molar-refractivity contribution is -0.137. The molecule has 0 aromatic heterocycles. The monoisotopic (exact) mass is 722 g/mol. The number of anilines is 1. The average molecular weight is 723 g/mol. The predicted molar refractivity (Wildman–Crippen MR) is 190 cm³/mol. The van der Waals surface area contributed by atoms with Gasteiger partial charge in [-0.3, -0.25) is 13.9 Å². The van der Waals surface area contributed by atoms with Gasteiger partial charge in [0.25, 0.3) is 11.8 Å². The largest absolute Gasteiger partial charge is 0.416 e. The van der Waals surface area contributed by atoms with E-state index in [1.54, 1.807) is 11.0 Å². The third-order valence-electron chi connectivity index (χ3n) is 9.00. The maximum Gasteiger partial charge on any atom is 0.416 e. The van der Waals surface area contributed by atoms with E-state index in [4.69, 9.17) is 0 Å². The number of halogens is 3. The second-order valence-electron chi connectivity index (χ2n) is 12.7. The highest BCUT2D eigenvalue weighted by Gasteiger charge is 2.33. The lowest BCUT2D eigenvalue weighted by atomic mass is 9.99. The molecule has 4 aromatic rings. The fourth-order valence-electron chi connectivity index (χ4n) is 6.20. The van der Waals surface area contributed by atoms with Crippen LogP contribution >= 0.6 is 0 Å². The third-order valence-corrected chi connectivity index (χ3v) is 10.2. The highest BCUT2D eigenvalue weighted by atomic mass is 32.2. The summed E-state index contributed by atoms with van der Waals surface area (Å²) in [6.45, 7) is 0.466. The van der Waals surface area contributed by atoms with Gasteiger partial charge in [0.15, 0.2) is 0 Å². The number of hydrogen-bond donors (Lipinski definition) is 3. The van der Waals surface area contributed by atoms with Crippen molar-refractivity contribution in [2.45, 2.75) is 50.2 Å². The summed E-state index contributed by atoms with van der Waals surface area (Å²) in [6.07, 6.45) is -2.91.